The Morgan fingerprint density at radius 1 is 1.27 bits per heavy atom. The highest BCUT2D eigenvalue weighted by atomic mass is 16.4. The van der Waals surface area contributed by atoms with E-state index in [9.17, 15) is 9.59 Å². The minimum absolute atomic E-state index is 0.0743. The third-order valence-electron chi connectivity index (χ3n) is 2.71. The highest BCUT2D eigenvalue weighted by Gasteiger charge is 2.52. The molecule has 1 fully saturated rings. The summed E-state index contributed by atoms with van der Waals surface area (Å²) >= 11 is 0. The summed E-state index contributed by atoms with van der Waals surface area (Å²) in [7, 11) is 1.75. The molecule has 0 spiro atoms. The smallest absolute Gasteiger partial charge is 0.373 e. The van der Waals surface area contributed by atoms with Crippen molar-refractivity contribution in [3.05, 3.63) is 35.9 Å². The largest absolute Gasteiger partial charge is 0.475 e. The van der Waals surface area contributed by atoms with Crippen LogP contribution in [-0.4, -0.2) is 34.8 Å². The highest BCUT2D eigenvalue weighted by Crippen LogP contribution is 2.41. The SMILES string of the molecule is CN1C(C(=O)C(=O)O)[C@H]1c1ccccc1. The zero-order valence-corrected chi connectivity index (χ0v) is 8.25. The van der Waals surface area contributed by atoms with Gasteiger partial charge in [0.1, 0.15) is 6.04 Å². The Kier molecular flexibility index (Phi) is 2.28. The van der Waals surface area contributed by atoms with Crippen LogP contribution in [-0.2, 0) is 9.59 Å². The predicted molar refractivity (Wildman–Crippen MR) is 53.4 cm³/mol. The van der Waals surface area contributed by atoms with E-state index in [0.29, 0.717) is 0 Å². The van der Waals surface area contributed by atoms with Gasteiger partial charge in [-0.25, -0.2) is 4.79 Å². The Balaban J connectivity index is 2.16. The molecular formula is C11H11NO3. The van der Waals surface area contributed by atoms with Crippen molar-refractivity contribution in [1.29, 1.82) is 0 Å². The van der Waals surface area contributed by atoms with Crippen molar-refractivity contribution in [2.75, 3.05) is 7.05 Å². The van der Waals surface area contributed by atoms with E-state index >= 15 is 0 Å². The Morgan fingerprint density at radius 3 is 2.40 bits per heavy atom. The molecule has 1 saturated heterocycles. The van der Waals surface area contributed by atoms with Crippen LogP contribution < -0.4 is 0 Å². The lowest BCUT2D eigenvalue weighted by atomic mass is 10.1. The summed E-state index contributed by atoms with van der Waals surface area (Å²) in [5.41, 5.74) is 0.986. The zero-order valence-electron chi connectivity index (χ0n) is 8.25. The molecule has 1 aliphatic rings. The predicted octanol–water partition coefficient (Wildman–Crippen LogP) is 0.695. The number of carboxylic acids is 1. The van der Waals surface area contributed by atoms with Crippen LogP contribution >= 0.6 is 0 Å². The van der Waals surface area contributed by atoms with E-state index in [1.807, 2.05) is 30.3 Å². The number of carbonyl (C=O) groups excluding carboxylic acids is 1. The number of likely N-dealkylation sites (N-methyl/N-ethyl adjacent to an activating group) is 1. The molecule has 1 aromatic carbocycles. The summed E-state index contributed by atoms with van der Waals surface area (Å²) in [6, 6.07) is 8.87. The van der Waals surface area contributed by atoms with Crippen molar-refractivity contribution < 1.29 is 14.7 Å². The van der Waals surface area contributed by atoms with Crippen molar-refractivity contribution in [3.8, 4) is 0 Å². The van der Waals surface area contributed by atoms with Gasteiger partial charge in [0.05, 0.1) is 6.04 Å². The molecule has 3 atom stereocenters. The molecule has 1 N–H and O–H groups in total. The number of carbonyl (C=O) groups is 2. The maximum absolute atomic E-state index is 11.3. The molecule has 15 heavy (non-hydrogen) atoms. The summed E-state index contributed by atoms with van der Waals surface area (Å²) in [6.07, 6.45) is 0. The lowest BCUT2D eigenvalue weighted by Crippen LogP contribution is -2.21. The topological polar surface area (TPSA) is 57.4 Å². The number of hydrogen-bond donors (Lipinski definition) is 1. The summed E-state index contributed by atoms with van der Waals surface area (Å²) in [6.45, 7) is 0. The van der Waals surface area contributed by atoms with E-state index in [1.165, 1.54) is 0 Å². The average molecular weight is 205 g/mol. The third-order valence-corrected chi connectivity index (χ3v) is 2.71. The second-order valence-electron chi connectivity index (χ2n) is 3.64. The van der Waals surface area contributed by atoms with Gasteiger partial charge in [-0.3, -0.25) is 9.69 Å². The van der Waals surface area contributed by atoms with E-state index in [2.05, 4.69) is 0 Å². The number of benzene rings is 1. The normalized spacial score (nSPS) is 28.5. The molecule has 1 aromatic rings. The van der Waals surface area contributed by atoms with E-state index in [4.69, 9.17) is 5.11 Å². The number of aliphatic carboxylic acids is 1. The fourth-order valence-corrected chi connectivity index (χ4v) is 1.86. The van der Waals surface area contributed by atoms with Crippen LogP contribution in [0.5, 0.6) is 0 Å². The van der Waals surface area contributed by atoms with Gasteiger partial charge in [-0.1, -0.05) is 30.3 Å². The van der Waals surface area contributed by atoms with Crippen molar-refractivity contribution in [2.45, 2.75) is 12.1 Å². The molecule has 2 unspecified atom stereocenters. The summed E-state index contributed by atoms with van der Waals surface area (Å²) in [5.74, 6) is -2.09. The summed E-state index contributed by atoms with van der Waals surface area (Å²) < 4.78 is 0. The van der Waals surface area contributed by atoms with Gasteiger partial charge in [0, 0.05) is 0 Å². The minimum atomic E-state index is -1.36. The fraction of sp³-hybridized carbons (Fsp3) is 0.273. The summed E-state index contributed by atoms with van der Waals surface area (Å²) in [5, 5.41) is 8.60. The Morgan fingerprint density at radius 2 is 1.87 bits per heavy atom. The monoisotopic (exact) mass is 205 g/mol. The number of Topliss-reactive ketones (excluding diaryl/α,β-unsaturated/α-hetero) is 1. The van der Waals surface area contributed by atoms with Gasteiger partial charge >= 0.3 is 5.97 Å². The molecule has 0 radical (unpaired) electrons. The lowest BCUT2D eigenvalue weighted by molar-refractivity contribution is -0.149. The molecule has 0 aliphatic carbocycles. The first-order valence-electron chi connectivity index (χ1n) is 4.67. The maximum Gasteiger partial charge on any atom is 0.373 e. The van der Waals surface area contributed by atoms with Gasteiger partial charge in [0.15, 0.2) is 0 Å². The molecule has 4 nitrogen and oxygen atoms in total. The van der Waals surface area contributed by atoms with E-state index in [0.717, 1.165) is 5.56 Å². The summed E-state index contributed by atoms with van der Waals surface area (Å²) in [4.78, 5) is 23.5. The molecular weight excluding hydrogens is 194 g/mol. The van der Waals surface area contributed by atoms with Gasteiger partial charge in [0.2, 0.25) is 0 Å². The molecule has 0 aromatic heterocycles. The van der Waals surface area contributed by atoms with Gasteiger partial charge in [-0.15, -0.1) is 0 Å². The number of hydrogen-bond acceptors (Lipinski definition) is 3. The second kappa shape index (κ2) is 3.47. The number of carboxylic acid groups (broad SMARTS) is 1. The van der Waals surface area contributed by atoms with Crippen molar-refractivity contribution in [2.24, 2.45) is 0 Å². The van der Waals surface area contributed by atoms with Gasteiger partial charge in [-0.2, -0.15) is 0 Å². The molecule has 0 bridgehead atoms. The van der Waals surface area contributed by atoms with Crippen LogP contribution in [0.2, 0.25) is 0 Å². The van der Waals surface area contributed by atoms with Crippen molar-refractivity contribution >= 4 is 11.8 Å². The van der Waals surface area contributed by atoms with Crippen LogP contribution in [0.15, 0.2) is 30.3 Å². The van der Waals surface area contributed by atoms with Crippen molar-refractivity contribution in [3.63, 3.8) is 0 Å². The molecule has 0 amide bonds. The lowest BCUT2D eigenvalue weighted by Gasteiger charge is -1.95. The molecule has 2 rings (SSSR count). The van der Waals surface area contributed by atoms with Crippen LogP contribution in [0.4, 0.5) is 0 Å². The molecule has 0 saturated carbocycles. The van der Waals surface area contributed by atoms with Crippen LogP contribution in [0, 0.1) is 0 Å². The highest BCUT2D eigenvalue weighted by molar-refractivity contribution is 6.35. The average Bonchev–Trinajstić information content (AvgIpc) is 2.90. The van der Waals surface area contributed by atoms with Crippen molar-refractivity contribution in [1.82, 2.24) is 4.90 Å². The maximum atomic E-state index is 11.3. The first-order valence-corrected chi connectivity index (χ1v) is 4.67. The van der Waals surface area contributed by atoms with E-state index < -0.39 is 17.8 Å². The Hall–Kier alpha value is -1.68. The van der Waals surface area contributed by atoms with E-state index in [1.54, 1.807) is 11.9 Å². The van der Waals surface area contributed by atoms with Crippen LogP contribution in [0.25, 0.3) is 0 Å². The first kappa shape index (κ1) is 9.86. The number of ketones is 1. The second-order valence-corrected chi connectivity index (χ2v) is 3.64. The number of rotatable bonds is 3. The molecule has 1 aliphatic heterocycles. The number of nitrogens with zero attached hydrogens (tertiary/aromatic N) is 1. The third kappa shape index (κ3) is 1.64. The quantitative estimate of drug-likeness (QED) is 0.582. The minimum Gasteiger partial charge on any atom is -0.475 e. The van der Waals surface area contributed by atoms with Crippen LogP contribution in [0.1, 0.15) is 11.6 Å². The standard InChI is InChI=1S/C11H11NO3/c1-12-8(7-5-3-2-4-6-7)9(12)10(13)11(14)15/h2-6,8-9H,1H3,(H,14,15)/t8-,9?,12?/m1/s1. The molecule has 4 heteroatoms. The molecule has 1 heterocycles. The Labute approximate surface area is 87.1 Å². The van der Waals surface area contributed by atoms with Gasteiger partial charge in [0.25, 0.3) is 5.78 Å². The molecule has 78 valence electrons. The van der Waals surface area contributed by atoms with Gasteiger partial charge < -0.3 is 5.11 Å². The van der Waals surface area contributed by atoms with Crippen LogP contribution in [0.3, 0.4) is 0 Å². The first-order chi connectivity index (χ1) is 7.13. The zero-order chi connectivity index (χ0) is 11.0. The van der Waals surface area contributed by atoms with E-state index in [-0.39, 0.29) is 6.04 Å². The van der Waals surface area contributed by atoms with Gasteiger partial charge in [-0.05, 0) is 12.6 Å². The Bertz CT molecular complexity index is 402. The fourth-order valence-electron chi connectivity index (χ4n) is 1.86.